The second-order valence-corrected chi connectivity index (χ2v) is 4.49. The molecule has 0 atom stereocenters. The van der Waals surface area contributed by atoms with Crippen molar-refractivity contribution in [1.82, 2.24) is 0 Å². The summed E-state index contributed by atoms with van der Waals surface area (Å²) in [5.74, 6) is -3.86. The fourth-order valence-corrected chi connectivity index (χ4v) is 1.70. The second-order valence-electron chi connectivity index (χ2n) is 4.49. The normalized spacial score (nSPS) is 11.2. The van der Waals surface area contributed by atoms with E-state index in [1.54, 1.807) is 6.08 Å². The van der Waals surface area contributed by atoms with Crippen LogP contribution in [0.3, 0.4) is 0 Å². The molecule has 0 aromatic heterocycles. The molecular weight excluding hydrogens is 232 g/mol. The number of hydrogen-bond acceptors (Lipinski definition) is 2. The minimum atomic E-state index is -1.31. The van der Waals surface area contributed by atoms with Crippen molar-refractivity contribution in [2.75, 3.05) is 0 Å². The van der Waals surface area contributed by atoms with Gasteiger partial charge in [-0.2, -0.15) is 0 Å². The van der Waals surface area contributed by atoms with Crippen molar-refractivity contribution in [1.29, 1.82) is 0 Å². The average Bonchev–Trinajstić information content (AvgIpc) is 2.30. The van der Waals surface area contributed by atoms with Crippen molar-refractivity contribution >= 4 is 11.9 Å². The molecule has 0 aliphatic heterocycles. The van der Waals surface area contributed by atoms with Gasteiger partial charge in [-0.3, -0.25) is 9.59 Å². The van der Waals surface area contributed by atoms with Crippen molar-refractivity contribution < 1.29 is 19.8 Å². The molecule has 0 rings (SSSR count). The lowest BCUT2D eigenvalue weighted by Gasteiger charge is -2.02. The van der Waals surface area contributed by atoms with Crippen LogP contribution in [0.5, 0.6) is 0 Å². The largest absolute Gasteiger partial charge is 0.481 e. The summed E-state index contributed by atoms with van der Waals surface area (Å²) in [4.78, 5) is 21.2. The molecule has 0 radical (unpaired) electrons. The molecule has 2 N–H and O–H groups in total. The molecule has 4 nitrogen and oxygen atoms in total. The number of aliphatic carboxylic acids is 2. The number of rotatable bonds is 11. The lowest BCUT2D eigenvalue weighted by atomic mass is 10.1. The lowest BCUT2D eigenvalue weighted by Crippen LogP contribution is -2.22. The zero-order valence-corrected chi connectivity index (χ0v) is 11.1. The van der Waals surface area contributed by atoms with E-state index >= 15 is 0 Å². The van der Waals surface area contributed by atoms with Gasteiger partial charge in [0.05, 0.1) is 0 Å². The van der Waals surface area contributed by atoms with E-state index in [-0.39, 0.29) is 6.42 Å². The van der Waals surface area contributed by atoms with Gasteiger partial charge in [0.1, 0.15) is 0 Å². The molecule has 4 heteroatoms. The molecule has 0 saturated carbocycles. The molecular formula is C14H24O4. The molecule has 0 fully saturated rings. The lowest BCUT2D eigenvalue weighted by molar-refractivity contribution is -0.154. The third kappa shape index (κ3) is 8.79. The number of carboxylic acids is 2. The number of carbonyl (C=O) groups is 2. The highest BCUT2D eigenvalue weighted by Gasteiger charge is 2.23. The summed E-state index contributed by atoms with van der Waals surface area (Å²) in [6, 6.07) is 0. The van der Waals surface area contributed by atoms with Gasteiger partial charge >= 0.3 is 11.9 Å². The molecule has 104 valence electrons. The Labute approximate surface area is 109 Å². The summed E-state index contributed by atoms with van der Waals surface area (Å²) in [6.07, 6.45) is 11.8. The Kier molecular flexibility index (Phi) is 10.0. The van der Waals surface area contributed by atoms with Crippen LogP contribution in [0, 0.1) is 5.92 Å². The predicted octanol–water partition coefficient (Wildman–Crippen LogP) is 3.47. The molecule has 0 unspecified atom stereocenters. The van der Waals surface area contributed by atoms with Crippen LogP contribution in [0.2, 0.25) is 0 Å². The van der Waals surface area contributed by atoms with E-state index in [2.05, 4.69) is 6.92 Å². The Balaban J connectivity index is 3.58. The van der Waals surface area contributed by atoms with Gasteiger partial charge in [-0.1, -0.05) is 51.2 Å². The Morgan fingerprint density at radius 3 is 2.06 bits per heavy atom. The van der Waals surface area contributed by atoms with Gasteiger partial charge in [0.2, 0.25) is 0 Å². The number of hydrogen-bond donors (Lipinski definition) is 2. The number of unbranched alkanes of at least 4 members (excludes halogenated alkanes) is 6. The van der Waals surface area contributed by atoms with E-state index in [0.717, 1.165) is 12.8 Å². The SMILES string of the molecule is CCCCCCCC/C=C/CC(C(=O)O)C(=O)O. The topological polar surface area (TPSA) is 74.6 Å². The maximum atomic E-state index is 10.6. The van der Waals surface area contributed by atoms with Gasteiger partial charge in [0.25, 0.3) is 0 Å². The smallest absolute Gasteiger partial charge is 0.318 e. The zero-order chi connectivity index (χ0) is 13.8. The summed E-state index contributed by atoms with van der Waals surface area (Å²) in [5.41, 5.74) is 0. The van der Waals surface area contributed by atoms with Crippen LogP contribution in [0.15, 0.2) is 12.2 Å². The van der Waals surface area contributed by atoms with Gasteiger partial charge in [-0.25, -0.2) is 0 Å². The fraction of sp³-hybridized carbons (Fsp3) is 0.714. The van der Waals surface area contributed by atoms with Crippen LogP contribution in [0.1, 0.15) is 58.3 Å². The van der Waals surface area contributed by atoms with E-state index < -0.39 is 17.9 Å². The Morgan fingerprint density at radius 1 is 0.944 bits per heavy atom. The van der Waals surface area contributed by atoms with Gasteiger partial charge in [0, 0.05) is 0 Å². The monoisotopic (exact) mass is 256 g/mol. The van der Waals surface area contributed by atoms with E-state index in [0.29, 0.717) is 0 Å². The fourth-order valence-electron chi connectivity index (χ4n) is 1.70. The van der Waals surface area contributed by atoms with Crippen molar-refractivity contribution in [2.45, 2.75) is 58.3 Å². The average molecular weight is 256 g/mol. The van der Waals surface area contributed by atoms with E-state index in [4.69, 9.17) is 10.2 Å². The van der Waals surface area contributed by atoms with Crippen LogP contribution in [-0.2, 0) is 9.59 Å². The van der Waals surface area contributed by atoms with Crippen LogP contribution in [-0.4, -0.2) is 22.2 Å². The molecule has 0 bridgehead atoms. The van der Waals surface area contributed by atoms with Crippen molar-refractivity contribution in [2.24, 2.45) is 5.92 Å². The highest BCUT2D eigenvalue weighted by atomic mass is 16.4. The van der Waals surface area contributed by atoms with Crippen molar-refractivity contribution in [3.63, 3.8) is 0 Å². The summed E-state index contributed by atoms with van der Waals surface area (Å²) in [7, 11) is 0. The van der Waals surface area contributed by atoms with Gasteiger partial charge in [-0.15, -0.1) is 0 Å². The zero-order valence-electron chi connectivity index (χ0n) is 11.1. The van der Waals surface area contributed by atoms with Crippen LogP contribution in [0.25, 0.3) is 0 Å². The standard InChI is InChI=1S/C14H24O4/c1-2-3-4-5-6-7-8-9-10-11-12(13(15)16)14(17)18/h9-10,12H,2-8,11H2,1H3,(H,15,16)(H,17,18)/b10-9+. The van der Waals surface area contributed by atoms with E-state index in [1.165, 1.54) is 32.1 Å². The molecule has 0 saturated heterocycles. The van der Waals surface area contributed by atoms with Crippen LogP contribution < -0.4 is 0 Å². The molecule has 18 heavy (non-hydrogen) atoms. The minimum Gasteiger partial charge on any atom is -0.481 e. The van der Waals surface area contributed by atoms with Crippen LogP contribution >= 0.6 is 0 Å². The van der Waals surface area contributed by atoms with Gasteiger partial charge in [0.15, 0.2) is 5.92 Å². The quantitative estimate of drug-likeness (QED) is 0.337. The van der Waals surface area contributed by atoms with Crippen molar-refractivity contribution in [3.05, 3.63) is 12.2 Å². The molecule has 0 heterocycles. The third-order valence-corrected chi connectivity index (χ3v) is 2.86. The summed E-state index contributed by atoms with van der Waals surface area (Å²) < 4.78 is 0. The van der Waals surface area contributed by atoms with Gasteiger partial charge in [-0.05, 0) is 19.3 Å². The summed E-state index contributed by atoms with van der Waals surface area (Å²) in [6.45, 7) is 2.18. The molecule has 0 aliphatic rings. The highest BCUT2D eigenvalue weighted by Crippen LogP contribution is 2.09. The Bertz CT molecular complexity index is 257. The molecule has 0 aromatic carbocycles. The summed E-state index contributed by atoms with van der Waals surface area (Å²) >= 11 is 0. The summed E-state index contributed by atoms with van der Waals surface area (Å²) in [5, 5.41) is 17.3. The Hall–Kier alpha value is -1.32. The molecule has 0 spiro atoms. The maximum absolute atomic E-state index is 10.6. The first-order valence-electron chi connectivity index (χ1n) is 6.70. The van der Waals surface area contributed by atoms with Crippen LogP contribution in [0.4, 0.5) is 0 Å². The first-order valence-corrected chi connectivity index (χ1v) is 6.70. The van der Waals surface area contributed by atoms with Crippen molar-refractivity contribution in [3.8, 4) is 0 Å². The first kappa shape index (κ1) is 16.7. The molecule has 0 aromatic rings. The number of carboxylic acid groups (broad SMARTS) is 2. The maximum Gasteiger partial charge on any atom is 0.318 e. The van der Waals surface area contributed by atoms with Gasteiger partial charge < -0.3 is 10.2 Å². The first-order chi connectivity index (χ1) is 8.59. The highest BCUT2D eigenvalue weighted by molar-refractivity contribution is 5.92. The number of allylic oxidation sites excluding steroid dienone is 2. The minimum absolute atomic E-state index is 0.0699. The van der Waals surface area contributed by atoms with E-state index in [9.17, 15) is 9.59 Å². The second kappa shape index (κ2) is 10.8. The predicted molar refractivity (Wildman–Crippen MR) is 70.5 cm³/mol. The van der Waals surface area contributed by atoms with E-state index in [1.807, 2.05) is 6.08 Å². The Morgan fingerprint density at radius 2 is 1.50 bits per heavy atom. The third-order valence-electron chi connectivity index (χ3n) is 2.86. The molecule has 0 aliphatic carbocycles. The molecule has 0 amide bonds.